The van der Waals surface area contributed by atoms with E-state index in [9.17, 15) is 8.78 Å². The fraction of sp³-hybridized carbons (Fsp3) is 1.00. The van der Waals surface area contributed by atoms with Gasteiger partial charge in [-0.2, -0.15) is 0 Å². The second-order valence-electron chi connectivity index (χ2n) is 4.20. The molecule has 2 unspecified atom stereocenters. The second kappa shape index (κ2) is 8.16. The van der Waals surface area contributed by atoms with Gasteiger partial charge in [0.1, 0.15) is 6.17 Å². The summed E-state index contributed by atoms with van der Waals surface area (Å²) < 4.78 is 26.2. The highest BCUT2D eigenvalue weighted by atomic mass is 19.2. The minimum absolute atomic E-state index is 0.326. The lowest BCUT2D eigenvalue weighted by atomic mass is 10.1. The zero-order valence-electron chi connectivity index (χ0n) is 9.52. The summed E-state index contributed by atoms with van der Waals surface area (Å²) in [7, 11) is 0. The summed E-state index contributed by atoms with van der Waals surface area (Å²) in [6.45, 7) is 6.68. The zero-order chi connectivity index (χ0) is 11.0. The summed E-state index contributed by atoms with van der Waals surface area (Å²) in [6, 6.07) is 0. The molecule has 0 aromatic rings. The molecule has 14 heavy (non-hydrogen) atoms. The minimum atomic E-state index is -1.49. The molecule has 86 valence electrons. The van der Waals surface area contributed by atoms with Crippen LogP contribution in [0.15, 0.2) is 0 Å². The number of hydrogen-bond donors (Lipinski definition) is 1. The van der Waals surface area contributed by atoms with E-state index in [0.29, 0.717) is 18.9 Å². The van der Waals surface area contributed by atoms with E-state index in [1.807, 2.05) is 6.92 Å². The van der Waals surface area contributed by atoms with Gasteiger partial charge < -0.3 is 0 Å². The molecule has 1 N–H and O–H groups in total. The predicted molar refractivity (Wildman–Crippen MR) is 56.8 cm³/mol. The SMILES string of the molecule is CCCCC(F)C(F)NCCC(C)C. The number of hydrogen-bond acceptors (Lipinski definition) is 1. The van der Waals surface area contributed by atoms with Crippen LogP contribution in [0.5, 0.6) is 0 Å². The Morgan fingerprint density at radius 2 is 1.79 bits per heavy atom. The van der Waals surface area contributed by atoms with Gasteiger partial charge in [-0.3, -0.25) is 5.32 Å². The van der Waals surface area contributed by atoms with E-state index in [0.717, 1.165) is 19.3 Å². The molecular weight excluding hydrogens is 184 g/mol. The van der Waals surface area contributed by atoms with Crippen LogP contribution in [0.1, 0.15) is 46.5 Å². The maximum atomic E-state index is 13.1. The summed E-state index contributed by atoms with van der Waals surface area (Å²) >= 11 is 0. The molecule has 0 saturated carbocycles. The number of nitrogens with one attached hydrogen (secondary N) is 1. The van der Waals surface area contributed by atoms with Crippen molar-refractivity contribution in [3.8, 4) is 0 Å². The molecule has 0 amide bonds. The number of halogens is 2. The molecule has 0 aliphatic heterocycles. The first-order chi connectivity index (χ1) is 6.57. The Kier molecular flexibility index (Phi) is 8.05. The maximum absolute atomic E-state index is 13.1. The lowest BCUT2D eigenvalue weighted by Crippen LogP contribution is -2.34. The Hall–Kier alpha value is -0.180. The third-order valence-corrected chi connectivity index (χ3v) is 2.21. The van der Waals surface area contributed by atoms with Crippen molar-refractivity contribution >= 4 is 0 Å². The van der Waals surface area contributed by atoms with Gasteiger partial charge in [-0.05, 0) is 25.3 Å². The van der Waals surface area contributed by atoms with Crippen LogP contribution in [0.4, 0.5) is 8.78 Å². The van der Waals surface area contributed by atoms with E-state index in [2.05, 4.69) is 19.2 Å². The highest BCUT2D eigenvalue weighted by Crippen LogP contribution is 2.10. The van der Waals surface area contributed by atoms with Gasteiger partial charge in [-0.25, -0.2) is 8.78 Å². The van der Waals surface area contributed by atoms with Crippen LogP contribution in [0.3, 0.4) is 0 Å². The third-order valence-electron chi connectivity index (χ3n) is 2.21. The predicted octanol–water partition coefficient (Wildman–Crippen LogP) is 3.45. The van der Waals surface area contributed by atoms with Crippen LogP contribution >= 0.6 is 0 Å². The molecule has 2 atom stereocenters. The normalized spacial score (nSPS) is 15.9. The smallest absolute Gasteiger partial charge is 0.182 e. The van der Waals surface area contributed by atoms with Crippen LogP contribution < -0.4 is 5.32 Å². The van der Waals surface area contributed by atoms with E-state index in [4.69, 9.17) is 0 Å². The Balaban J connectivity index is 3.46. The molecule has 0 aliphatic rings. The van der Waals surface area contributed by atoms with Crippen molar-refractivity contribution in [3.63, 3.8) is 0 Å². The average Bonchev–Trinajstić information content (AvgIpc) is 2.13. The molecule has 0 saturated heterocycles. The molecule has 0 rings (SSSR count). The molecule has 3 heteroatoms. The summed E-state index contributed by atoms with van der Waals surface area (Å²) in [6.07, 6.45) is 0.0576. The van der Waals surface area contributed by atoms with Crippen LogP contribution in [0.25, 0.3) is 0 Å². The van der Waals surface area contributed by atoms with Crippen molar-refractivity contribution in [3.05, 3.63) is 0 Å². The Morgan fingerprint density at radius 1 is 1.14 bits per heavy atom. The summed E-state index contributed by atoms with van der Waals surface area (Å²) in [5, 5.41) is 2.58. The van der Waals surface area contributed by atoms with Gasteiger partial charge >= 0.3 is 0 Å². The Labute approximate surface area is 86.3 Å². The minimum Gasteiger partial charge on any atom is -0.285 e. The van der Waals surface area contributed by atoms with Crippen LogP contribution in [-0.2, 0) is 0 Å². The molecule has 0 aromatic heterocycles. The Bertz CT molecular complexity index is 128. The van der Waals surface area contributed by atoms with Gasteiger partial charge in [0.2, 0.25) is 0 Å². The van der Waals surface area contributed by atoms with Crippen molar-refractivity contribution in [2.24, 2.45) is 5.92 Å². The highest BCUT2D eigenvalue weighted by molar-refractivity contribution is 4.66. The van der Waals surface area contributed by atoms with Gasteiger partial charge in [-0.15, -0.1) is 0 Å². The molecule has 0 fully saturated rings. The van der Waals surface area contributed by atoms with E-state index in [1.54, 1.807) is 0 Å². The van der Waals surface area contributed by atoms with Crippen molar-refractivity contribution in [2.75, 3.05) is 6.54 Å². The molecule has 0 bridgehead atoms. The monoisotopic (exact) mass is 207 g/mol. The molecule has 0 heterocycles. The standard InChI is InChI=1S/C11H23F2N/c1-4-5-6-10(12)11(13)14-8-7-9(2)3/h9-11,14H,4-8H2,1-3H3. The van der Waals surface area contributed by atoms with E-state index in [1.165, 1.54) is 0 Å². The number of alkyl halides is 2. The fourth-order valence-electron chi connectivity index (χ4n) is 1.18. The fourth-order valence-corrected chi connectivity index (χ4v) is 1.18. The van der Waals surface area contributed by atoms with Gasteiger partial charge in [0.25, 0.3) is 0 Å². The van der Waals surface area contributed by atoms with Gasteiger partial charge in [-0.1, -0.05) is 33.6 Å². The first kappa shape index (κ1) is 13.8. The molecule has 0 aromatic carbocycles. The first-order valence-electron chi connectivity index (χ1n) is 5.59. The van der Waals surface area contributed by atoms with Gasteiger partial charge in [0.15, 0.2) is 6.30 Å². The summed E-state index contributed by atoms with van der Waals surface area (Å²) in [5.74, 6) is 0.531. The van der Waals surface area contributed by atoms with E-state index < -0.39 is 12.5 Å². The third kappa shape index (κ3) is 7.25. The van der Waals surface area contributed by atoms with Crippen LogP contribution in [0, 0.1) is 5.92 Å². The number of unbranched alkanes of at least 4 members (excludes halogenated alkanes) is 1. The van der Waals surface area contributed by atoms with Crippen LogP contribution in [0.2, 0.25) is 0 Å². The van der Waals surface area contributed by atoms with Crippen molar-refractivity contribution in [2.45, 2.75) is 58.9 Å². The molecule has 0 radical (unpaired) electrons. The molecule has 1 nitrogen and oxygen atoms in total. The van der Waals surface area contributed by atoms with Crippen molar-refractivity contribution in [1.29, 1.82) is 0 Å². The average molecular weight is 207 g/mol. The molecule has 0 spiro atoms. The lowest BCUT2D eigenvalue weighted by molar-refractivity contribution is 0.124. The van der Waals surface area contributed by atoms with Gasteiger partial charge in [0, 0.05) is 0 Å². The zero-order valence-corrected chi connectivity index (χ0v) is 9.52. The van der Waals surface area contributed by atoms with E-state index in [-0.39, 0.29) is 0 Å². The number of rotatable bonds is 8. The lowest BCUT2D eigenvalue weighted by Gasteiger charge is -2.15. The maximum Gasteiger partial charge on any atom is 0.182 e. The quantitative estimate of drug-likeness (QED) is 0.601. The highest BCUT2D eigenvalue weighted by Gasteiger charge is 2.18. The Morgan fingerprint density at radius 3 is 2.29 bits per heavy atom. The first-order valence-corrected chi connectivity index (χ1v) is 5.59. The summed E-state index contributed by atoms with van der Waals surface area (Å²) in [5.41, 5.74) is 0. The molecule has 0 aliphatic carbocycles. The second-order valence-corrected chi connectivity index (χ2v) is 4.20. The van der Waals surface area contributed by atoms with Gasteiger partial charge in [0.05, 0.1) is 0 Å². The largest absolute Gasteiger partial charge is 0.285 e. The summed E-state index contributed by atoms with van der Waals surface area (Å²) in [4.78, 5) is 0. The van der Waals surface area contributed by atoms with Crippen molar-refractivity contribution < 1.29 is 8.78 Å². The topological polar surface area (TPSA) is 12.0 Å². The molecular formula is C11H23F2N. The van der Waals surface area contributed by atoms with E-state index >= 15 is 0 Å². The van der Waals surface area contributed by atoms with Crippen molar-refractivity contribution in [1.82, 2.24) is 5.32 Å². The van der Waals surface area contributed by atoms with Crippen LogP contribution in [-0.4, -0.2) is 19.0 Å².